The Bertz CT molecular complexity index is 4390. The van der Waals surface area contributed by atoms with E-state index in [-0.39, 0.29) is 40.5 Å². The molecule has 0 saturated carbocycles. The zero-order valence-corrected chi connectivity index (χ0v) is 52.1. The Morgan fingerprint density at radius 1 is 0.369 bits per heavy atom. The second-order valence-electron chi connectivity index (χ2n) is 29.0. The number of rotatable bonds is 4. The minimum absolute atomic E-state index is 0.00299. The molecule has 5 aliphatic rings. The number of allylic oxidation sites excluding steroid dienone is 1. The van der Waals surface area contributed by atoms with Crippen molar-refractivity contribution in [3.8, 4) is 0 Å². The Morgan fingerprint density at radius 2 is 0.762 bits per heavy atom. The number of nitrogens with zero attached hydrogens (tertiary/aromatic N) is 4. The van der Waals surface area contributed by atoms with Crippen LogP contribution in [0.5, 0.6) is 0 Å². The summed E-state index contributed by atoms with van der Waals surface area (Å²) in [4.78, 5) is 10.5. The zero-order chi connectivity index (χ0) is 58.3. The van der Waals surface area contributed by atoms with Crippen LogP contribution in [0.1, 0.15) is 130 Å². The van der Waals surface area contributed by atoms with Crippen molar-refractivity contribution in [3.05, 3.63) is 233 Å². The van der Waals surface area contributed by atoms with Gasteiger partial charge in [-0.05, 0) is 156 Å². The van der Waals surface area contributed by atoms with Crippen LogP contribution in [0.3, 0.4) is 0 Å². The van der Waals surface area contributed by atoms with Crippen molar-refractivity contribution < 1.29 is 0 Å². The normalized spacial score (nSPS) is 15.6. The molecule has 0 radical (unpaired) electrons. The van der Waals surface area contributed by atoms with Gasteiger partial charge in [-0.3, -0.25) is 0 Å². The molecule has 4 aliphatic heterocycles. The first kappa shape index (κ1) is 52.8. The summed E-state index contributed by atoms with van der Waals surface area (Å²) in [6, 6.07) is 75.8. The third kappa shape index (κ3) is 7.72. The van der Waals surface area contributed by atoms with Crippen LogP contribution in [-0.4, -0.2) is 13.4 Å². The summed E-state index contributed by atoms with van der Waals surface area (Å²) in [5, 5.41) is 1.29. The third-order valence-corrected chi connectivity index (χ3v) is 20.5. The van der Waals surface area contributed by atoms with Gasteiger partial charge in [-0.25, -0.2) is 0 Å². The number of anilines is 11. The van der Waals surface area contributed by atoms with Crippen molar-refractivity contribution in [1.29, 1.82) is 0 Å². The topological polar surface area (TPSA) is 13.0 Å². The van der Waals surface area contributed by atoms with E-state index in [1.54, 1.807) is 0 Å². The standard InChI is InChI=1S/C77H74B2N4S/c1-73(2,3)47-29-37-51(38-30-47)80-60-24-19-26-62-67(60)78(71-69(55-21-15-17-23-57(55)77(71,13)14)82(62)53-41-33-49(34-42-53)75(7,8)9)58-45-59-65(46-64(58)80)81(52-39-31-48(32-40-52)74(4,5)6)61-25-20-27-63-68(61)79(59)72-70(56-22-16-18-28-66(56)84-72)83(63)54-43-35-50(36-44-54)76(10,11)12/h15-46H,1-14H3. The predicted molar refractivity (Wildman–Crippen MR) is 365 cm³/mol. The van der Waals surface area contributed by atoms with E-state index >= 15 is 0 Å². The molecule has 84 heavy (non-hydrogen) atoms. The van der Waals surface area contributed by atoms with Crippen LogP contribution in [-0.2, 0) is 27.1 Å². The highest BCUT2D eigenvalue weighted by Crippen LogP contribution is 2.57. The molecule has 0 spiro atoms. The lowest BCUT2D eigenvalue weighted by atomic mass is 9.29. The van der Waals surface area contributed by atoms with E-state index in [0.29, 0.717) is 0 Å². The molecule has 7 heteroatoms. The predicted octanol–water partition coefficient (Wildman–Crippen LogP) is 18.0. The molecule has 0 atom stereocenters. The molecule has 4 nitrogen and oxygen atoms in total. The quantitative estimate of drug-likeness (QED) is 0.163. The maximum absolute atomic E-state index is 2.71. The van der Waals surface area contributed by atoms with Crippen molar-refractivity contribution in [3.63, 3.8) is 0 Å². The molecule has 15 rings (SSSR count). The molecule has 0 fully saturated rings. The molecule has 0 saturated heterocycles. The average molecular weight is 1110 g/mol. The van der Waals surface area contributed by atoms with Crippen LogP contribution in [0.25, 0.3) is 15.8 Å². The third-order valence-electron chi connectivity index (χ3n) is 19.3. The van der Waals surface area contributed by atoms with Crippen molar-refractivity contribution in [2.24, 2.45) is 0 Å². The molecule has 1 aliphatic carbocycles. The smallest absolute Gasteiger partial charge is 0.264 e. The Hall–Kier alpha value is -7.99. The number of fused-ring (bicyclic) bond motifs is 11. The molecule has 0 unspecified atom stereocenters. The van der Waals surface area contributed by atoms with E-state index in [1.165, 1.54) is 132 Å². The van der Waals surface area contributed by atoms with E-state index < -0.39 is 0 Å². The first-order valence-electron chi connectivity index (χ1n) is 30.4. The number of hydrogen-bond donors (Lipinski definition) is 0. The lowest BCUT2D eigenvalue weighted by molar-refractivity contribution is 0.590. The van der Waals surface area contributed by atoms with E-state index in [9.17, 15) is 0 Å². The van der Waals surface area contributed by atoms with Gasteiger partial charge >= 0.3 is 0 Å². The molecule has 414 valence electrons. The fourth-order valence-corrected chi connectivity index (χ4v) is 16.2. The largest absolute Gasteiger partial charge is 0.311 e. The van der Waals surface area contributed by atoms with Gasteiger partial charge in [0.1, 0.15) is 0 Å². The monoisotopic (exact) mass is 1110 g/mol. The summed E-state index contributed by atoms with van der Waals surface area (Å²) >= 11 is 1.98. The lowest BCUT2D eigenvalue weighted by Gasteiger charge is -2.48. The summed E-state index contributed by atoms with van der Waals surface area (Å²) < 4.78 is 2.69. The first-order valence-corrected chi connectivity index (χ1v) is 31.2. The van der Waals surface area contributed by atoms with Crippen LogP contribution in [0.4, 0.5) is 62.6 Å². The molecule has 5 heterocycles. The van der Waals surface area contributed by atoms with Gasteiger partial charge in [-0.1, -0.05) is 212 Å². The van der Waals surface area contributed by atoms with Gasteiger partial charge in [-0.2, -0.15) is 0 Å². The van der Waals surface area contributed by atoms with Gasteiger partial charge in [0.05, 0.1) is 5.69 Å². The van der Waals surface area contributed by atoms with Gasteiger partial charge in [0, 0.05) is 88.4 Å². The molecule has 0 amide bonds. The van der Waals surface area contributed by atoms with E-state index in [1.807, 2.05) is 11.3 Å². The second kappa shape index (κ2) is 18.0. The highest BCUT2D eigenvalue weighted by atomic mass is 32.1. The lowest BCUT2D eigenvalue weighted by Crippen LogP contribution is -2.63. The maximum atomic E-state index is 2.71. The molecule has 9 aromatic carbocycles. The van der Waals surface area contributed by atoms with Gasteiger partial charge in [0.25, 0.3) is 6.71 Å². The Kier molecular flexibility index (Phi) is 11.3. The van der Waals surface area contributed by atoms with Gasteiger partial charge in [0.2, 0.25) is 6.71 Å². The molecular formula is C77H74B2N4S. The van der Waals surface area contributed by atoms with Crippen molar-refractivity contribution in [2.75, 3.05) is 19.6 Å². The van der Waals surface area contributed by atoms with Crippen LogP contribution in [0.2, 0.25) is 0 Å². The van der Waals surface area contributed by atoms with E-state index in [2.05, 4.69) is 311 Å². The molecule has 0 N–H and O–H groups in total. The summed E-state index contributed by atoms with van der Waals surface area (Å²) in [5.74, 6) is 0. The fourth-order valence-electron chi connectivity index (χ4n) is 14.9. The first-order chi connectivity index (χ1) is 40.0. The minimum Gasteiger partial charge on any atom is -0.311 e. The number of benzene rings is 9. The fraction of sp³-hybridized carbons (Fsp3) is 0.247. The number of thiophene rings is 1. The second-order valence-corrected chi connectivity index (χ2v) is 30.1. The summed E-state index contributed by atoms with van der Waals surface area (Å²) in [6.07, 6.45) is 0. The highest BCUT2D eigenvalue weighted by Gasteiger charge is 2.54. The van der Waals surface area contributed by atoms with E-state index in [4.69, 9.17) is 0 Å². The SMILES string of the molecule is CC(C)(C)c1ccc(N2C3=C(B4c5cc6c(cc5N(c5ccc(C(C)(C)C)cc5)c5cccc2c54)N(c2ccc(C(C)(C)C)cc2)c2cccc4c2B6c2sc5ccccc5c2N4c2ccc(C(C)(C)C)cc2)C(C)(C)c2ccccc23)cc1. The van der Waals surface area contributed by atoms with Crippen LogP contribution in [0.15, 0.2) is 200 Å². The van der Waals surface area contributed by atoms with E-state index in [0.717, 1.165) is 11.4 Å². The summed E-state index contributed by atoms with van der Waals surface area (Å²) in [6.45, 7) is 32.6. The maximum Gasteiger partial charge on any atom is 0.264 e. The summed E-state index contributed by atoms with van der Waals surface area (Å²) in [5.41, 5.74) is 29.2. The molecule has 10 aromatic rings. The van der Waals surface area contributed by atoms with Crippen molar-refractivity contribution >= 4 is 130 Å². The molecule has 1 aromatic heterocycles. The van der Waals surface area contributed by atoms with Crippen molar-refractivity contribution in [2.45, 2.75) is 124 Å². The highest BCUT2D eigenvalue weighted by molar-refractivity contribution is 7.33. The van der Waals surface area contributed by atoms with Gasteiger partial charge in [-0.15, -0.1) is 11.3 Å². The Morgan fingerprint density at radius 3 is 1.25 bits per heavy atom. The Balaban J connectivity index is 1.06. The zero-order valence-electron chi connectivity index (χ0n) is 51.3. The minimum atomic E-state index is -0.318. The van der Waals surface area contributed by atoms with Crippen molar-refractivity contribution in [1.82, 2.24) is 0 Å². The van der Waals surface area contributed by atoms with Crippen LogP contribution < -0.4 is 46.2 Å². The van der Waals surface area contributed by atoms with Crippen LogP contribution >= 0.6 is 11.3 Å². The number of hydrogen-bond acceptors (Lipinski definition) is 5. The average Bonchev–Trinajstić information content (AvgIpc) is 1.36. The summed E-state index contributed by atoms with van der Waals surface area (Å²) in [7, 11) is 0. The van der Waals surface area contributed by atoms with Crippen LogP contribution in [0, 0.1) is 0 Å². The van der Waals surface area contributed by atoms with Gasteiger partial charge in [0.15, 0.2) is 0 Å². The van der Waals surface area contributed by atoms with Gasteiger partial charge < -0.3 is 19.6 Å². The Labute approximate surface area is 503 Å². The molecular weight excluding hydrogens is 1030 g/mol. The molecule has 0 bridgehead atoms.